The second-order valence-corrected chi connectivity index (χ2v) is 7.70. The number of anilines is 1. The normalized spacial score (nSPS) is 10.9. The highest BCUT2D eigenvalue weighted by molar-refractivity contribution is 6.03. The maximum Gasteiger partial charge on any atom is 0.248 e. The number of amides is 1. The van der Waals surface area contributed by atoms with E-state index in [4.69, 9.17) is 28.4 Å². The van der Waals surface area contributed by atoms with Gasteiger partial charge in [0.05, 0.1) is 48.3 Å². The van der Waals surface area contributed by atoms with Gasteiger partial charge in [-0.05, 0) is 59.2 Å². The van der Waals surface area contributed by atoms with Crippen LogP contribution in [0.15, 0.2) is 54.6 Å². The number of nitrogens with one attached hydrogen (secondary N) is 1. The lowest BCUT2D eigenvalue weighted by molar-refractivity contribution is -0.111. The lowest BCUT2D eigenvalue weighted by atomic mass is 10.1. The molecule has 8 heteroatoms. The Balaban J connectivity index is 1.90. The minimum atomic E-state index is -0.325. The van der Waals surface area contributed by atoms with Crippen LogP contribution in [-0.2, 0) is 4.79 Å². The third-order valence-electron chi connectivity index (χ3n) is 5.44. The second kappa shape index (κ2) is 12.9. The van der Waals surface area contributed by atoms with Crippen molar-refractivity contribution in [1.82, 2.24) is 0 Å². The summed E-state index contributed by atoms with van der Waals surface area (Å²) in [7, 11) is 9.34. The molecule has 0 atom stereocenters. The lowest BCUT2D eigenvalue weighted by Gasteiger charge is -2.14. The summed E-state index contributed by atoms with van der Waals surface area (Å²) in [5, 5.41) is 2.87. The van der Waals surface area contributed by atoms with E-state index in [0.29, 0.717) is 40.2 Å². The van der Waals surface area contributed by atoms with E-state index in [1.165, 1.54) is 13.2 Å². The van der Waals surface area contributed by atoms with Gasteiger partial charge in [-0.3, -0.25) is 4.79 Å². The first-order valence-corrected chi connectivity index (χ1v) is 11.3. The van der Waals surface area contributed by atoms with Crippen LogP contribution in [0.1, 0.15) is 16.7 Å². The monoisotopic (exact) mass is 505 g/mol. The van der Waals surface area contributed by atoms with Crippen LogP contribution in [0.5, 0.6) is 34.5 Å². The van der Waals surface area contributed by atoms with Gasteiger partial charge in [0.1, 0.15) is 5.75 Å². The molecule has 0 spiro atoms. The minimum Gasteiger partial charge on any atom is -0.497 e. The van der Waals surface area contributed by atoms with Crippen LogP contribution < -0.4 is 33.7 Å². The predicted octanol–water partition coefficient (Wildman–Crippen LogP) is 5.56. The van der Waals surface area contributed by atoms with Gasteiger partial charge in [0.15, 0.2) is 23.0 Å². The Hall–Kier alpha value is -4.59. The molecule has 3 rings (SSSR count). The quantitative estimate of drug-likeness (QED) is 0.270. The average molecular weight is 506 g/mol. The summed E-state index contributed by atoms with van der Waals surface area (Å²) in [6, 6.07) is 14.7. The van der Waals surface area contributed by atoms with Gasteiger partial charge in [0.2, 0.25) is 11.7 Å². The zero-order valence-corrected chi connectivity index (χ0v) is 21.8. The molecule has 0 saturated heterocycles. The maximum atomic E-state index is 12.7. The Kier molecular flexibility index (Phi) is 9.43. The topological polar surface area (TPSA) is 84.5 Å². The molecule has 0 radical (unpaired) electrons. The first kappa shape index (κ1) is 27.0. The zero-order valence-electron chi connectivity index (χ0n) is 21.8. The predicted molar refractivity (Wildman–Crippen MR) is 145 cm³/mol. The molecule has 3 aromatic rings. The van der Waals surface area contributed by atoms with Crippen LogP contribution in [0.4, 0.5) is 5.69 Å². The summed E-state index contributed by atoms with van der Waals surface area (Å²) in [5.41, 5.74) is 2.90. The van der Waals surface area contributed by atoms with E-state index in [-0.39, 0.29) is 5.91 Å². The van der Waals surface area contributed by atoms with Crippen LogP contribution in [0.3, 0.4) is 0 Å². The van der Waals surface area contributed by atoms with Crippen molar-refractivity contribution in [3.63, 3.8) is 0 Å². The van der Waals surface area contributed by atoms with E-state index >= 15 is 0 Å². The number of carbonyl (C=O) groups is 1. The summed E-state index contributed by atoms with van der Waals surface area (Å²) in [6.07, 6.45) is 6.92. The van der Waals surface area contributed by atoms with E-state index in [1.807, 2.05) is 54.6 Å². The molecule has 194 valence electrons. The second-order valence-electron chi connectivity index (χ2n) is 7.70. The lowest BCUT2D eigenvalue weighted by Crippen LogP contribution is -2.09. The third kappa shape index (κ3) is 6.76. The van der Waals surface area contributed by atoms with Gasteiger partial charge in [-0.15, -0.1) is 0 Å². The zero-order chi connectivity index (χ0) is 26.8. The van der Waals surface area contributed by atoms with Crippen molar-refractivity contribution in [3.05, 3.63) is 71.3 Å². The fourth-order valence-electron chi connectivity index (χ4n) is 3.66. The Morgan fingerprint density at radius 2 is 1.19 bits per heavy atom. The van der Waals surface area contributed by atoms with Crippen molar-refractivity contribution in [1.29, 1.82) is 0 Å². The van der Waals surface area contributed by atoms with Crippen molar-refractivity contribution >= 4 is 29.8 Å². The smallest absolute Gasteiger partial charge is 0.248 e. The summed E-state index contributed by atoms with van der Waals surface area (Å²) >= 11 is 0. The Morgan fingerprint density at radius 3 is 1.73 bits per heavy atom. The molecule has 0 heterocycles. The first-order chi connectivity index (χ1) is 18.0. The molecule has 0 unspecified atom stereocenters. The summed E-state index contributed by atoms with van der Waals surface area (Å²) in [4.78, 5) is 12.7. The van der Waals surface area contributed by atoms with E-state index < -0.39 is 0 Å². The highest BCUT2D eigenvalue weighted by Gasteiger charge is 2.15. The van der Waals surface area contributed by atoms with Gasteiger partial charge in [-0.2, -0.15) is 0 Å². The number of carbonyl (C=O) groups excluding carboxylic acids is 1. The first-order valence-electron chi connectivity index (χ1n) is 11.3. The van der Waals surface area contributed by atoms with E-state index in [0.717, 1.165) is 16.7 Å². The molecule has 0 aromatic heterocycles. The van der Waals surface area contributed by atoms with Crippen LogP contribution in [0.2, 0.25) is 0 Å². The molecule has 3 aromatic carbocycles. The fourth-order valence-corrected chi connectivity index (χ4v) is 3.66. The van der Waals surface area contributed by atoms with Crippen LogP contribution in [-0.4, -0.2) is 48.6 Å². The molecule has 0 bridgehead atoms. The standard InChI is InChI=1S/C29H31NO7/c1-32-22-9-7-8-19(14-22)12-13-27(31)30-23-15-20(16-24(33-2)28(23)36-5)10-11-21-17-25(34-3)29(37-6)26(18-21)35-4/h7-18H,1-6H3,(H,30,31)/b11-10?,13-12+. The van der Waals surface area contributed by atoms with Crippen LogP contribution in [0.25, 0.3) is 18.2 Å². The molecule has 0 saturated carbocycles. The van der Waals surface area contributed by atoms with Gasteiger partial charge in [0.25, 0.3) is 0 Å². The SMILES string of the molecule is COc1cccc(/C=C/C(=O)Nc2cc(C=Cc3cc(OC)c(OC)c(OC)c3)cc(OC)c2OC)c1. The number of methoxy groups -OCH3 is 6. The van der Waals surface area contributed by atoms with Crippen LogP contribution >= 0.6 is 0 Å². The largest absolute Gasteiger partial charge is 0.497 e. The number of benzene rings is 3. The van der Waals surface area contributed by atoms with Crippen molar-refractivity contribution < 1.29 is 33.2 Å². The number of rotatable bonds is 11. The Bertz CT molecular complexity index is 1270. The van der Waals surface area contributed by atoms with E-state index in [2.05, 4.69) is 5.32 Å². The minimum absolute atomic E-state index is 0.325. The third-order valence-corrected chi connectivity index (χ3v) is 5.44. The highest BCUT2D eigenvalue weighted by atomic mass is 16.5. The molecule has 37 heavy (non-hydrogen) atoms. The average Bonchev–Trinajstić information content (AvgIpc) is 2.93. The van der Waals surface area contributed by atoms with Gasteiger partial charge in [-0.25, -0.2) is 0 Å². The van der Waals surface area contributed by atoms with Crippen molar-refractivity contribution in [2.75, 3.05) is 48.0 Å². The Morgan fingerprint density at radius 1 is 0.622 bits per heavy atom. The number of ether oxygens (including phenoxy) is 6. The fraction of sp³-hybridized carbons (Fsp3) is 0.207. The molecule has 0 aliphatic rings. The molecule has 8 nitrogen and oxygen atoms in total. The van der Waals surface area contributed by atoms with Crippen molar-refractivity contribution in [2.45, 2.75) is 0 Å². The molecular weight excluding hydrogens is 474 g/mol. The van der Waals surface area contributed by atoms with E-state index in [9.17, 15) is 4.79 Å². The summed E-state index contributed by atoms with van der Waals surface area (Å²) in [5.74, 6) is 2.88. The van der Waals surface area contributed by atoms with Gasteiger partial charge >= 0.3 is 0 Å². The van der Waals surface area contributed by atoms with Crippen LogP contribution in [0, 0.1) is 0 Å². The van der Waals surface area contributed by atoms with Crippen molar-refractivity contribution in [3.8, 4) is 34.5 Å². The van der Waals surface area contributed by atoms with Gasteiger partial charge in [-0.1, -0.05) is 24.3 Å². The highest BCUT2D eigenvalue weighted by Crippen LogP contribution is 2.40. The summed E-state index contributed by atoms with van der Waals surface area (Å²) in [6.45, 7) is 0. The molecule has 1 amide bonds. The molecular formula is C29H31NO7. The van der Waals surface area contributed by atoms with Gasteiger partial charge in [0, 0.05) is 6.08 Å². The number of hydrogen-bond acceptors (Lipinski definition) is 7. The Labute approximate surface area is 217 Å². The summed E-state index contributed by atoms with van der Waals surface area (Å²) < 4.78 is 32.5. The molecule has 0 fully saturated rings. The van der Waals surface area contributed by atoms with Gasteiger partial charge < -0.3 is 33.7 Å². The molecule has 0 aliphatic heterocycles. The maximum absolute atomic E-state index is 12.7. The molecule has 1 N–H and O–H groups in total. The molecule has 0 aliphatic carbocycles. The number of hydrogen-bond donors (Lipinski definition) is 1. The van der Waals surface area contributed by atoms with E-state index in [1.54, 1.807) is 47.7 Å². The van der Waals surface area contributed by atoms with Crippen molar-refractivity contribution in [2.24, 2.45) is 0 Å².